The van der Waals surface area contributed by atoms with Crippen LogP contribution < -0.4 is 9.62 Å². The van der Waals surface area contributed by atoms with Gasteiger partial charge in [-0.25, -0.2) is 8.42 Å². The van der Waals surface area contributed by atoms with Gasteiger partial charge in [0.2, 0.25) is 21.8 Å². The molecule has 0 heterocycles. The highest BCUT2D eigenvalue weighted by molar-refractivity contribution is 7.92. The van der Waals surface area contributed by atoms with Crippen molar-refractivity contribution in [3.8, 4) is 0 Å². The first-order valence-corrected chi connectivity index (χ1v) is 13.6. The largest absolute Gasteiger partial charge is 0.354 e. The monoisotopic (exact) mass is 507 g/mol. The van der Waals surface area contributed by atoms with Crippen molar-refractivity contribution in [1.82, 2.24) is 10.2 Å². The molecule has 0 radical (unpaired) electrons. The Balaban J connectivity index is 2.43. The topological polar surface area (TPSA) is 86.8 Å². The zero-order valence-electron chi connectivity index (χ0n) is 20.5. The standard InChI is InChI=1S/C25H34ClN3O4S/c1-6-14-27-25(31)23(7-2)28(16-20-9-11-21(26)12-10-20)24(30)17-29(34(5,32)33)22-13-8-18(3)19(4)15-22/h8-13,15,23H,6-7,14,16-17H2,1-5H3,(H,27,31). The van der Waals surface area contributed by atoms with Crippen molar-refractivity contribution in [3.63, 3.8) is 0 Å². The Bertz CT molecular complexity index is 1100. The van der Waals surface area contributed by atoms with Crippen LogP contribution in [0.15, 0.2) is 42.5 Å². The summed E-state index contributed by atoms with van der Waals surface area (Å²) in [6, 6.07) is 11.5. The predicted molar refractivity (Wildman–Crippen MR) is 137 cm³/mol. The number of amides is 2. The van der Waals surface area contributed by atoms with E-state index in [1.54, 1.807) is 36.4 Å². The van der Waals surface area contributed by atoms with Gasteiger partial charge in [-0.1, -0.05) is 43.6 Å². The van der Waals surface area contributed by atoms with E-state index < -0.39 is 28.5 Å². The lowest BCUT2D eigenvalue weighted by Crippen LogP contribution is -2.52. The molecule has 34 heavy (non-hydrogen) atoms. The average molecular weight is 508 g/mol. The second-order valence-electron chi connectivity index (χ2n) is 8.40. The Labute approximate surface area is 208 Å². The Kier molecular flexibility index (Phi) is 9.94. The number of sulfonamides is 1. The number of halogens is 1. The molecule has 2 amide bonds. The number of rotatable bonds is 11. The van der Waals surface area contributed by atoms with Crippen molar-refractivity contribution in [3.05, 3.63) is 64.2 Å². The van der Waals surface area contributed by atoms with Gasteiger partial charge in [-0.2, -0.15) is 0 Å². The van der Waals surface area contributed by atoms with Crippen molar-refractivity contribution >= 4 is 39.1 Å². The van der Waals surface area contributed by atoms with Gasteiger partial charge in [0.05, 0.1) is 11.9 Å². The van der Waals surface area contributed by atoms with Crippen molar-refractivity contribution in [2.75, 3.05) is 23.7 Å². The molecular weight excluding hydrogens is 474 g/mol. The van der Waals surface area contributed by atoms with Crippen LogP contribution in [0, 0.1) is 13.8 Å². The van der Waals surface area contributed by atoms with E-state index in [1.165, 1.54) is 4.90 Å². The van der Waals surface area contributed by atoms with Crippen LogP contribution in [-0.2, 0) is 26.2 Å². The summed E-state index contributed by atoms with van der Waals surface area (Å²) >= 11 is 6.00. The number of hydrogen-bond acceptors (Lipinski definition) is 4. The minimum Gasteiger partial charge on any atom is -0.354 e. The molecule has 2 aromatic rings. The fraction of sp³-hybridized carbons (Fsp3) is 0.440. The Morgan fingerprint density at radius 1 is 1.03 bits per heavy atom. The molecule has 0 saturated heterocycles. The lowest BCUT2D eigenvalue weighted by molar-refractivity contribution is -0.140. The summed E-state index contributed by atoms with van der Waals surface area (Å²) in [5, 5.41) is 3.42. The summed E-state index contributed by atoms with van der Waals surface area (Å²) < 4.78 is 26.4. The fourth-order valence-electron chi connectivity index (χ4n) is 3.57. The smallest absolute Gasteiger partial charge is 0.244 e. The molecule has 0 aromatic heterocycles. The van der Waals surface area contributed by atoms with Gasteiger partial charge in [-0.3, -0.25) is 13.9 Å². The molecule has 1 unspecified atom stereocenters. The van der Waals surface area contributed by atoms with Crippen LogP contribution in [0.5, 0.6) is 0 Å². The molecule has 0 aliphatic rings. The Morgan fingerprint density at radius 2 is 1.68 bits per heavy atom. The zero-order chi connectivity index (χ0) is 25.5. The highest BCUT2D eigenvalue weighted by atomic mass is 35.5. The molecule has 1 atom stereocenters. The number of hydrogen-bond donors (Lipinski definition) is 1. The van der Waals surface area contributed by atoms with Gasteiger partial charge >= 0.3 is 0 Å². The number of nitrogens with one attached hydrogen (secondary N) is 1. The molecule has 0 saturated carbocycles. The Hall–Kier alpha value is -2.58. The molecule has 0 aliphatic carbocycles. The summed E-state index contributed by atoms with van der Waals surface area (Å²) in [5.74, 6) is -0.721. The van der Waals surface area contributed by atoms with Gasteiger partial charge in [0.15, 0.2) is 0 Å². The van der Waals surface area contributed by atoms with E-state index in [9.17, 15) is 18.0 Å². The minimum atomic E-state index is -3.75. The molecule has 1 N–H and O–H groups in total. The third-order valence-corrected chi connectivity index (χ3v) is 7.05. The SMILES string of the molecule is CCCNC(=O)C(CC)N(Cc1ccc(Cl)cc1)C(=O)CN(c1ccc(C)c(C)c1)S(C)(=O)=O. The number of anilines is 1. The maximum absolute atomic E-state index is 13.6. The molecule has 0 bridgehead atoms. The molecule has 2 rings (SSSR count). The van der Waals surface area contributed by atoms with E-state index in [2.05, 4.69) is 5.32 Å². The summed E-state index contributed by atoms with van der Waals surface area (Å²) in [7, 11) is -3.75. The number of carbonyl (C=O) groups is 2. The molecule has 0 spiro atoms. The quantitative estimate of drug-likeness (QED) is 0.497. The van der Waals surface area contributed by atoms with Gasteiger partial charge in [0, 0.05) is 18.1 Å². The average Bonchev–Trinajstić information content (AvgIpc) is 2.78. The van der Waals surface area contributed by atoms with E-state index in [1.807, 2.05) is 33.8 Å². The molecule has 9 heteroatoms. The van der Waals surface area contributed by atoms with E-state index in [0.29, 0.717) is 23.7 Å². The molecule has 0 aliphatic heterocycles. The van der Waals surface area contributed by atoms with E-state index in [0.717, 1.165) is 33.7 Å². The summed E-state index contributed by atoms with van der Waals surface area (Å²) in [4.78, 5) is 27.9. The highest BCUT2D eigenvalue weighted by Gasteiger charge is 2.31. The van der Waals surface area contributed by atoms with Crippen LogP contribution in [0.25, 0.3) is 0 Å². The van der Waals surface area contributed by atoms with Crippen LogP contribution in [0.1, 0.15) is 43.4 Å². The van der Waals surface area contributed by atoms with Crippen molar-refractivity contribution in [2.24, 2.45) is 0 Å². The molecule has 7 nitrogen and oxygen atoms in total. The first kappa shape index (κ1) is 27.7. The second kappa shape index (κ2) is 12.2. The van der Waals surface area contributed by atoms with Crippen LogP contribution in [0.4, 0.5) is 5.69 Å². The fourth-order valence-corrected chi connectivity index (χ4v) is 4.53. The summed E-state index contributed by atoms with van der Waals surface area (Å²) in [6.07, 6.45) is 2.23. The number of carbonyl (C=O) groups excluding carboxylic acids is 2. The second-order valence-corrected chi connectivity index (χ2v) is 10.7. The third-order valence-electron chi connectivity index (χ3n) is 5.66. The van der Waals surface area contributed by atoms with Crippen LogP contribution in [-0.4, -0.2) is 50.5 Å². The lowest BCUT2D eigenvalue weighted by Gasteiger charge is -2.33. The first-order chi connectivity index (χ1) is 16.0. The van der Waals surface area contributed by atoms with Crippen molar-refractivity contribution < 1.29 is 18.0 Å². The van der Waals surface area contributed by atoms with Gasteiger partial charge in [-0.15, -0.1) is 0 Å². The third kappa shape index (κ3) is 7.46. The highest BCUT2D eigenvalue weighted by Crippen LogP contribution is 2.23. The molecular formula is C25H34ClN3O4S. The van der Waals surface area contributed by atoms with E-state index in [4.69, 9.17) is 11.6 Å². The van der Waals surface area contributed by atoms with E-state index in [-0.39, 0.29) is 12.5 Å². The zero-order valence-corrected chi connectivity index (χ0v) is 22.0. The maximum Gasteiger partial charge on any atom is 0.244 e. The van der Waals surface area contributed by atoms with Gasteiger partial charge < -0.3 is 10.2 Å². The minimum absolute atomic E-state index is 0.151. The lowest BCUT2D eigenvalue weighted by atomic mass is 10.1. The normalized spacial score (nSPS) is 12.2. The van der Waals surface area contributed by atoms with Gasteiger partial charge in [-0.05, 0) is 67.6 Å². The number of aryl methyl sites for hydroxylation is 2. The molecule has 0 fully saturated rings. The van der Waals surface area contributed by atoms with Crippen LogP contribution in [0.3, 0.4) is 0 Å². The predicted octanol–water partition coefficient (Wildman–Crippen LogP) is 4.06. The van der Waals surface area contributed by atoms with Crippen molar-refractivity contribution in [2.45, 2.75) is 53.1 Å². The summed E-state index contributed by atoms with van der Waals surface area (Å²) in [6.45, 7) is 7.84. The Morgan fingerprint density at radius 3 is 2.21 bits per heavy atom. The summed E-state index contributed by atoms with van der Waals surface area (Å²) in [5.41, 5.74) is 3.14. The van der Waals surface area contributed by atoms with Crippen LogP contribution >= 0.6 is 11.6 Å². The van der Waals surface area contributed by atoms with Gasteiger partial charge in [0.1, 0.15) is 12.6 Å². The van der Waals surface area contributed by atoms with Crippen molar-refractivity contribution in [1.29, 1.82) is 0 Å². The maximum atomic E-state index is 13.6. The first-order valence-electron chi connectivity index (χ1n) is 11.3. The van der Waals surface area contributed by atoms with E-state index >= 15 is 0 Å². The van der Waals surface area contributed by atoms with Gasteiger partial charge in [0.25, 0.3) is 0 Å². The number of benzene rings is 2. The molecule has 186 valence electrons. The van der Waals surface area contributed by atoms with Crippen LogP contribution in [0.2, 0.25) is 5.02 Å². The molecule has 2 aromatic carbocycles. The number of nitrogens with zero attached hydrogens (tertiary/aromatic N) is 2.